The van der Waals surface area contributed by atoms with Crippen LogP contribution in [0.25, 0.3) is 0 Å². The van der Waals surface area contributed by atoms with Gasteiger partial charge in [0.25, 0.3) is 0 Å². The monoisotopic (exact) mass is 263 g/mol. The fourth-order valence-electron chi connectivity index (χ4n) is 2.65. The lowest BCUT2D eigenvalue weighted by Crippen LogP contribution is -2.66. The molecule has 1 unspecified atom stereocenters. The van der Waals surface area contributed by atoms with Gasteiger partial charge in [0.1, 0.15) is 6.10 Å². The Morgan fingerprint density at radius 2 is 2.11 bits per heavy atom. The van der Waals surface area contributed by atoms with Crippen molar-refractivity contribution in [1.29, 1.82) is 0 Å². The van der Waals surface area contributed by atoms with E-state index in [0.717, 1.165) is 5.56 Å². The standard InChI is InChI=1S/C14H17NO4/c1-8(16)11-12(15-13(11)17)10-7-18-14(19-10)9-5-3-2-4-6-9/h2-6,8,10-12,14,16H,7H2,1H3,(H,15,17)/t8-,10-,11-,12-,14?/m1/s1. The topological polar surface area (TPSA) is 67.8 Å². The quantitative estimate of drug-likeness (QED) is 0.783. The van der Waals surface area contributed by atoms with Crippen LogP contribution in [0.2, 0.25) is 0 Å². The van der Waals surface area contributed by atoms with Gasteiger partial charge in [-0.3, -0.25) is 4.79 Å². The van der Waals surface area contributed by atoms with Crippen LogP contribution in [-0.4, -0.2) is 35.9 Å². The summed E-state index contributed by atoms with van der Waals surface area (Å²) in [7, 11) is 0. The van der Waals surface area contributed by atoms with E-state index in [-0.39, 0.29) is 18.1 Å². The number of aliphatic hydroxyl groups excluding tert-OH is 1. The number of carbonyl (C=O) groups is 1. The van der Waals surface area contributed by atoms with E-state index in [1.165, 1.54) is 0 Å². The zero-order valence-electron chi connectivity index (χ0n) is 10.7. The third kappa shape index (κ3) is 2.25. The van der Waals surface area contributed by atoms with Crippen molar-refractivity contribution in [3.63, 3.8) is 0 Å². The first-order valence-corrected chi connectivity index (χ1v) is 6.47. The molecule has 0 aromatic heterocycles. The average molecular weight is 263 g/mol. The largest absolute Gasteiger partial charge is 0.393 e. The lowest BCUT2D eigenvalue weighted by molar-refractivity contribution is -0.148. The van der Waals surface area contributed by atoms with Crippen molar-refractivity contribution in [3.05, 3.63) is 35.9 Å². The van der Waals surface area contributed by atoms with Crippen LogP contribution in [0, 0.1) is 5.92 Å². The zero-order chi connectivity index (χ0) is 13.4. The highest BCUT2D eigenvalue weighted by Gasteiger charge is 2.49. The molecule has 2 fully saturated rings. The second-order valence-corrected chi connectivity index (χ2v) is 5.05. The fraction of sp³-hybridized carbons (Fsp3) is 0.500. The maximum absolute atomic E-state index is 11.4. The molecule has 0 saturated carbocycles. The first-order chi connectivity index (χ1) is 9.16. The molecule has 5 heteroatoms. The molecule has 5 atom stereocenters. The van der Waals surface area contributed by atoms with Gasteiger partial charge < -0.3 is 19.9 Å². The predicted molar refractivity (Wildman–Crippen MR) is 67.1 cm³/mol. The van der Waals surface area contributed by atoms with Crippen LogP contribution in [0.1, 0.15) is 18.8 Å². The number of aliphatic hydroxyl groups is 1. The average Bonchev–Trinajstić information content (AvgIpc) is 2.85. The Bertz CT molecular complexity index is 462. The van der Waals surface area contributed by atoms with E-state index in [9.17, 15) is 9.90 Å². The second-order valence-electron chi connectivity index (χ2n) is 5.05. The van der Waals surface area contributed by atoms with Gasteiger partial charge in [0.15, 0.2) is 6.29 Å². The van der Waals surface area contributed by atoms with Crippen molar-refractivity contribution in [2.45, 2.75) is 31.5 Å². The molecular weight excluding hydrogens is 246 g/mol. The summed E-state index contributed by atoms with van der Waals surface area (Å²) < 4.78 is 11.4. The third-order valence-corrected chi connectivity index (χ3v) is 3.70. The molecule has 2 heterocycles. The Morgan fingerprint density at radius 3 is 2.74 bits per heavy atom. The van der Waals surface area contributed by atoms with Crippen molar-refractivity contribution in [2.24, 2.45) is 5.92 Å². The van der Waals surface area contributed by atoms with Crippen molar-refractivity contribution >= 4 is 5.91 Å². The number of carbonyl (C=O) groups excluding carboxylic acids is 1. The zero-order valence-corrected chi connectivity index (χ0v) is 10.7. The molecule has 102 valence electrons. The number of β-lactam (4-membered cyclic amide) rings is 1. The summed E-state index contributed by atoms with van der Waals surface area (Å²) in [6, 6.07) is 9.52. The van der Waals surface area contributed by atoms with Crippen molar-refractivity contribution < 1.29 is 19.4 Å². The van der Waals surface area contributed by atoms with Crippen LogP contribution in [0.3, 0.4) is 0 Å². The van der Waals surface area contributed by atoms with E-state index in [1.54, 1.807) is 6.92 Å². The summed E-state index contributed by atoms with van der Waals surface area (Å²) in [6.07, 6.45) is -1.26. The van der Waals surface area contributed by atoms with Crippen LogP contribution in [0.15, 0.2) is 30.3 Å². The van der Waals surface area contributed by atoms with E-state index in [1.807, 2.05) is 30.3 Å². The van der Waals surface area contributed by atoms with Gasteiger partial charge in [0, 0.05) is 5.56 Å². The fourth-order valence-corrected chi connectivity index (χ4v) is 2.65. The Balaban J connectivity index is 1.65. The number of hydrogen-bond acceptors (Lipinski definition) is 4. The normalized spacial score (nSPS) is 35.6. The summed E-state index contributed by atoms with van der Waals surface area (Å²) >= 11 is 0. The minimum absolute atomic E-state index is 0.119. The number of amides is 1. The first kappa shape index (κ1) is 12.6. The molecule has 5 nitrogen and oxygen atoms in total. The highest BCUT2D eigenvalue weighted by molar-refractivity contribution is 5.86. The molecule has 2 aliphatic rings. The third-order valence-electron chi connectivity index (χ3n) is 3.70. The molecule has 1 aromatic carbocycles. The van der Waals surface area contributed by atoms with Gasteiger partial charge in [-0.05, 0) is 6.92 Å². The smallest absolute Gasteiger partial charge is 0.228 e. The first-order valence-electron chi connectivity index (χ1n) is 6.47. The molecule has 0 spiro atoms. The van der Waals surface area contributed by atoms with Gasteiger partial charge in [0.2, 0.25) is 5.91 Å². The Labute approximate surface area is 111 Å². The summed E-state index contributed by atoms with van der Waals surface area (Å²) in [5.74, 6) is -0.519. The molecule has 3 rings (SSSR count). The molecule has 1 amide bonds. The van der Waals surface area contributed by atoms with Crippen LogP contribution in [-0.2, 0) is 14.3 Å². The molecule has 1 aromatic rings. The molecular formula is C14H17NO4. The minimum atomic E-state index is -0.668. The summed E-state index contributed by atoms with van der Waals surface area (Å²) in [6.45, 7) is 2.05. The van der Waals surface area contributed by atoms with E-state index >= 15 is 0 Å². The highest BCUT2D eigenvalue weighted by atomic mass is 16.7. The van der Waals surface area contributed by atoms with E-state index in [4.69, 9.17) is 9.47 Å². The summed E-state index contributed by atoms with van der Waals surface area (Å²) in [5, 5.41) is 12.4. The van der Waals surface area contributed by atoms with E-state index in [2.05, 4.69) is 5.32 Å². The van der Waals surface area contributed by atoms with Gasteiger partial charge in [-0.25, -0.2) is 0 Å². The van der Waals surface area contributed by atoms with Crippen LogP contribution in [0.4, 0.5) is 0 Å². The van der Waals surface area contributed by atoms with E-state index in [0.29, 0.717) is 6.61 Å². The van der Waals surface area contributed by atoms with Crippen LogP contribution >= 0.6 is 0 Å². The van der Waals surface area contributed by atoms with Gasteiger partial charge >= 0.3 is 0 Å². The molecule has 0 aliphatic carbocycles. The van der Waals surface area contributed by atoms with Crippen LogP contribution in [0.5, 0.6) is 0 Å². The SMILES string of the molecule is C[C@@H](O)[C@H]1C(=O)N[C@@H]1[C@H]1COC(c2ccccc2)O1. The number of benzene rings is 1. The Morgan fingerprint density at radius 1 is 1.37 bits per heavy atom. The summed E-state index contributed by atoms with van der Waals surface area (Å²) in [4.78, 5) is 11.4. The van der Waals surface area contributed by atoms with Crippen molar-refractivity contribution in [2.75, 3.05) is 6.61 Å². The molecule has 19 heavy (non-hydrogen) atoms. The van der Waals surface area contributed by atoms with Gasteiger partial charge in [-0.15, -0.1) is 0 Å². The van der Waals surface area contributed by atoms with Gasteiger partial charge in [-0.1, -0.05) is 30.3 Å². The van der Waals surface area contributed by atoms with Gasteiger partial charge in [0.05, 0.1) is 24.7 Å². The predicted octanol–water partition coefficient (Wildman–Crippen LogP) is 0.596. The number of hydrogen-bond donors (Lipinski definition) is 2. The van der Waals surface area contributed by atoms with Crippen molar-refractivity contribution in [1.82, 2.24) is 5.32 Å². The molecule has 0 bridgehead atoms. The molecule has 2 N–H and O–H groups in total. The number of rotatable bonds is 3. The Kier molecular flexibility index (Phi) is 3.26. The summed E-state index contributed by atoms with van der Waals surface area (Å²) in [5.41, 5.74) is 0.962. The number of ether oxygens (including phenoxy) is 2. The molecule has 2 saturated heterocycles. The minimum Gasteiger partial charge on any atom is -0.393 e. The lowest BCUT2D eigenvalue weighted by atomic mass is 9.83. The lowest BCUT2D eigenvalue weighted by Gasteiger charge is -2.41. The van der Waals surface area contributed by atoms with Crippen molar-refractivity contribution in [3.8, 4) is 0 Å². The maximum atomic E-state index is 11.4. The maximum Gasteiger partial charge on any atom is 0.228 e. The Hall–Kier alpha value is -1.43. The number of nitrogens with one attached hydrogen (secondary N) is 1. The van der Waals surface area contributed by atoms with E-state index < -0.39 is 18.3 Å². The molecule has 0 radical (unpaired) electrons. The molecule has 2 aliphatic heterocycles. The van der Waals surface area contributed by atoms with Gasteiger partial charge in [-0.2, -0.15) is 0 Å². The van der Waals surface area contributed by atoms with Crippen LogP contribution < -0.4 is 5.32 Å². The second kappa shape index (κ2) is 4.92. The highest BCUT2D eigenvalue weighted by Crippen LogP contribution is 2.33.